The molecule has 0 aliphatic carbocycles. The van der Waals surface area contributed by atoms with Gasteiger partial charge < -0.3 is 10.1 Å². The molecule has 2 heteroatoms. The zero-order chi connectivity index (χ0) is 15.0. The third kappa shape index (κ3) is 5.64. The number of rotatable bonds is 9. The highest BCUT2D eigenvalue weighted by Gasteiger charge is 2.12. The SMILES string of the molecule is CCCNC(CCOCC)Cc1c(C)cc(C)cc1C. The summed E-state index contributed by atoms with van der Waals surface area (Å²) < 4.78 is 5.52. The van der Waals surface area contributed by atoms with Crippen molar-refractivity contribution in [2.24, 2.45) is 0 Å². The molecule has 0 amide bonds. The zero-order valence-corrected chi connectivity index (χ0v) is 13.9. The van der Waals surface area contributed by atoms with Crippen LogP contribution >= 0.6 is 0 Å². The van der Waals surface area contributed by atoms with Crippen LogP contribution in [0.25, 0.3) is 0 Å². The van der Waals surface area contributed by atoms with Crippen molar-refractivity contribution in [1.82, 2.24) is 5.32 Å². The standard InChI is InChI=1S/C18H31NO/c1-6-9-19-17(8-10-20-7-2)13-18-15(4)11-14(3)12-16(18)5/h11-12,17,19H,6-10,13H2,1-5H3. The van der Waals surface area contributed by atoms with E-state index >= 15 is 0 Å². The third-order valence-electron chi connectivity index (χ3n) is 3.79. The molecule has 20 heavy (non-hydrogen) atoms. The largest absolute Gasteiger partial charge is 0.382 e. The van der Waals surface area contributed by atoms with Crippen molar-refractivity contribution < 1.29 is 4.74 Å². The molecular formula is C18H31NO. The molecular weight excluding hydrogens is 246 g/mol. The fourth-order valence-electron chi connectivity index (χ4n) is 2.77. The van der Waals surface area contributed by atoms with Gasteiger partial charge in [-0.2, -0.15) is 0 Å². The van der Waals surface area contributed by atoms with E-state index in [-0.39, 0.29) is 0 Å². The van der Waals surface area contributed by atoms with Crippen LogP contribution in [0, 0.1) is 20.8 Å². The van der Waals surface area contributed by atoms with Gasteiger partial charge in [-0.25, -0.2) is 0 Å². The van der Waals surface area contributed by atoms with Crippen molar-refractivity contribution >= 4 is 0 Å². The molecule has 0 aromatic heterocycles. The molecule has 0 aliphatic rings. The summed E-state index contributed by atoms with van der Waals surface area (Å²) in [6.45, 7) is 13.7. The van der Waals surface area contributed by atoms with E-state index < -0.39 is 0 Å². The van der Waals surface area contributed by atoms with E-state index in [0.29, 0.717) is 6.04 Å². The van der Waals surface area contributed by atoms with E-state index in [0.717, 1.165) is 32.6 Å². The number of benzene rings is 1. The smallest absolute Gasteiger partial charge is 0.0480 e. The predicted molar refractivity (Wildman–Crippen MR) is 87.5 cm³/mol. The third-order valence-corrected chi connectivity index (χ3v) is 3.79. The Morgan fingerprint density at radius 1 is 1.10 bits per heavy atom. The van der Waals surface area contributed by atoms with Crippen LogP contribution in [0.2, 0.25) is 0 Å². The topological polar surface area (TPSA) is 21.3 Å². The second-order valence-corrected chi connectivity index (χ2v) is 5.72. The maximum atomic E-state index is 5.52. The molecule has 0 saturated heterocycles. The molecule has 1 rings (SSSR count). The molecule has 114 valence electrons. The van der Waals surface area contributed by atoms with Crippen molar-refractivity contribution in [3.05, 3.63) is 34.4 Å². The summed E-state index contributed by atoms with van der Waals surface area (Å²) in [5.41, 5.74) is 5.70. The van der Waals surface area contributed by atoms with Gasteiger partial charge in [0.25, 0.3) is 0 Å². The summed E-state index contributed by atoms with van der Waals surface area (Å²) in [4.78, 5) is 0. The lowest BCUT2D eigenvalue weighted by Gasteiger charge is -2.21. The zero-order valence-electron chi connectivity index (χ0n) is 13.9. The molecule has 2 nitrogen and oxygen atoms in total. The second kappa shape index (κ2) is 9.15. The lowest BCUT2D eigenvalue weighted by atomic mass is 9.93. The number of hydrogen-bond donors (Lipinski definition) is 1. The number of nitrogens with one attached hydrogen (secondary N) is 1. The molecule has 0 aliphatic heterocycles. The minimum Gasteiger partial charge on any atom is -0.382 e. The summed E-state index contributed by atoms with van der Waals surface area (Å²) >= 11 is 0. The quantitative estimate of drug-likeness (QED) is 0.690. The molecule has 0 radical (unpaired) electrons. The molecule has 1 atom stereocenters. The molecule has 1 aromatic carbocycles. The summed E-state index contributed by atoms with van der Waals surface area (Å²) in [5.74, 6) is 0. The summed E-state index contributed by atoms with van der Waals surface area (Å²) in [6, 6.07) is 5.10. The van der Waals surface area contributed by atoms with Gasteiger partial charge in [0.2, 0.25) is 0 Å². The van der Waals surface area contributed by atoms with Crippen LogP contribution in [0.3, 0.4) is 0 Å². The van der Waals surface area contributed by atoms with Gasteiger partial charge in [-0.15, -0.1) is 0 Å². The van der Waals surface area contributed by atoms with Crippen molar-refractivity contribution in [3.63, 3.8) is 0 Å². The molecule has 1 unspecified atom stereocenters. The van der Waals surface area contributed by atoms with Crippen molar-refractivity contribution in [3.8, 4) is 0 Å². The monoisotopic (exact) mass is 277 g/mol. The molecule has 1 N–H and O–H groups in total. The first-order chi connectivity index (χ1) is 9.58. The molecule has 1 aromatic rings. The number of ether oxygens (including phenoxy) is 1. The highest BCUT2D eigenvalue weighted by molar-refractivity contribution is 5.38. The van der Waals surface area contributed by atoms with E-state index in [1.807, 2.05) is 0 Å². The van der Waals surface area contributed by atoms with Crippen LogP contribution in [0.1, 0.15) is 48.9 Å². The van der Waals surface area contributed by atoms with E-state index in [9.17, 15) is 0 Å². The summed E-state index contributed by atoms with van der Waals surface area (Å²) in [5, 5.41) is 3.67. The average molecular weight is 277 g/mol. The van der Waals surface area contributed by atoms with Gasteiger partial charge in [0.1, 0.15) is 0 Å². The maximum absolute atomic E-state index is 5.52. The summed E-state index contributed by atoms with van der Waals surface area (Å²) in [6.07, 6.45) is 3.36. The number of aryl methyl sites for hydroxylation is 3. The first-order valence-electron chi connectivity index (χ1n) is 7.96. The Morgan fingerprint density at radius 3 is 2.30 bits per heavy atom. The average Bonchev–Trinajstić information content (AvgIpc) is 2.39. The van der Waals surface area contributed by atoms with Crippen LogP contribution < -0.4 is 5.32 Å². The van der Waals surface area contributed by atoms with Gasteiger partial charge in [-0.3, -0.25) is 0 Å². The van der Waals surface area contributed by atoms with Gasteiger partial charge in [0, 0.05) is 19.3 Å². The van der Waals surface area contributed by atoms with Gasteiger partial charge >= 0.3 is 0 Å². The Hall–Kier alpha value is -0.860. The van der Waals surface area contributed by atoms with Gasteiger partial charge in [0.15, 0.2) is 0 Å². The maximum Gasteiger partial charge on any atom is 0.0480 e. The Bertz CT molecular complexity index is 377. The van der Waals surface area contributed by atoms with E-state index in [4.69, 9.17) is 4.74 Å². The Balaban J connectivity index is 2.72. The van der Waals surface area contributed by atoms with Crippen LogP contribution in [-0.2, 0) is 11.2 Å². The Kier molecular flexibility index (Phi) is 7.86. The van der Waals surface area contributed by atoms with Crippen LogP contribution in [0.5, 0.6) is 0 Å². The van der Waals surface area contributed by atoms with Crippen molar-refractivity contribution in [2.75, 3.05) is 19.8 Å². The minimum atomic E-state index is 0.515. The normalized spacial score (nSPS) is 12.7. The second-order valence-electron chi connectivity index (χ2n) is 5.72. The van der Waals surface area contributed by atoms with Gasteiger partial charge in [-0.05, 0) is 70.2 Å². The number of hydrogen-bond acceptors (Lipinski definition) is 2. The van der Waals surface area contributed by atoms with E-state index in [1.54, 1.807) is 0 Å². The van der Waals surface area contributed by atoms with E-state index in [2.05, 4.69) is 52.1 Å². The molecule has 0 fully saturated rings. The first-order valence-corrected chi connectivity index (χ1v) is 7.96. The molecule has 0 saturated carbocycles. The van der Waals surface area contributed by atoms with Crippen LogP contribution in [0.4, 0.5) is 0 Å². The van der Waals surface area contributed by atoms with Crippen molar-refractivity contribution in [1.29, 1.82) is 0 Å². The summed E-state index contributed by atoms with van der Waals surface area (Å²) in [7, 11) is 0. The van der Waals surface area contributed by atoms with Gasteiger partial charge in [0.05, 0.1) is 0 Å². The lowest BCUT2D eigenvalue weighted by Crippen LogP contribution is -2.33. The molecule has 0 spiro atoms. The molecule has 0 heterocycles. The lowest BCUT2D eigenvalue weighted by molar-refractivity contribution is 0.136. The van der Waals surface area contributed by atoms with Crippen LogP contribution in [-0.4, -0.2) is 25.8 Å². The highest BCUT2D eigenvalue weighted by atomic mass is 16.5. The Labute approximate surface area is 124 Å². The predicted octanol–water partition coefficient (Wildman–Crippen LogP) is 3.95. The van der Waals surface area contributed by atoms with Crippen molar-refractivity contribution in [2.45, 2.75) is 59.9 Å². The van der Waals surface area contributed by atoms with E-state index in [1.165, 1.54) is 28.7 Å². The van der Waals surface area contributed by atoms with Gasteiger partial charge in [-0.1, -0.05) is 24.6 Å². The molecule has 0 bridgehead atoms. The highest BCUT2D eigenvalue weighted by Crippen LogP contribution is 2.19. The fourth-order valence-corrected chi connectivity index (χ4v) is 2.77. The fraction of sp³-hybridized carbons (Fsp3) is 0.667. The minimum absolute atomic E-state index is 0.515. The first kappa shape index (κ1) is 17.2. The Morgan fingerprint density at radius 2 is 1.75 bits per heavy atom. The van der Waals surface area contributed by atoms with Crippen LogP contribution in [0.15, 0.2) is 12.1 Å².